The second kappa shape index (κ2) is 9.47. The minimum absolute atomic E-state index is 0.00303. The third-order valence-corrected chi connectivity index (χ3v) is 3.68. The van der Waals surface area contributed by atoms with Crippen molar-refractivity contribution in [1.82, 2.24) is 4.90 Å². The zero-order valence-electron chi connectivity index (χ0n) is 15.2. The van der Waals surface area contributed by atoms with Crippen LogP contribution in [-0.2, 0) is 6.18 Å². The van der Waals surface area contributed by atoms with Crippen molar-refractivity contribution in [3.05, 3.63) is 35.0 Å². The summed E-state index contributed by atoms with van der Waals surface area (Å²) in [6.45, 7) is 1.36. The van der Waals surface area contributed by atoms with Gasteiger partial charge < -0.3 is 15.1 Å². The Morgan fingerprint density at radius 1 is 1.04 bits per heavy atom. The summed E-state index contributed by atoms with van der Waals surface area (Å²) in [5, 5.41) is 29.5. The molecule has 1 aromatic carbocycles. The fourth-order valence-corrected chi connectivity index (χ4v) is 2.31. The number of nitrogens with zero attached hydrogens (tertiary/aromatic N) is 5. The van der Waals surface area contributed by atoms with Gasteiger partial charge in [0.05, 0.1) is 16.9 Å². The van der Waals surface area contributed by atoms with Crippen LogP contribution in [0.15, 0.2) is 29.5 Å². The van der Waals surface area contributed by atoms with Crippen molar-refractivity contribution in [3.63, 3.8) is 0 Å². The van der Waals surface area contributed by atoms with E-state index in [2.05, 4.69) is 5.32 Å². The molecule has 1 N–H and O–H groups in total. The number of hydrogen-bond donors (Lipinski definition) is 1. The maximum atomic E-state index is 13.1. The highest BCUT2D eigenvalue weighted by Crippen LogP contribution is 2.36. The highest BCUT2D eigenvalue weighted by Gasteiger charge is 2.31. The summed E-state index contributed by atoms with van der Waals surface area (Å²) < 4.78 is 39.2. The summed E-state index contributed by atoms with van der Waals surface area (Å²) in [4.78, 5) is 3.74. The van der Waals surface area contributed by atoms with Crippen molar-refractivity contribution < 1.29 is 13.2 Å². The second-order valence-electron chi connectivity index (χ2n) is 6.02. The summed E-state index contributed by atoms with van der Waals surface area (Å²) in [7, 11) is 5.55. The van der Waals surface area contributed by atoms with Gasteiger partial charge in [0, 0.05) is 13.6 Å². The van der Waals surface area contributed by atoms with Crippen LogP contribution >= 0.6 is 0 Å². The molecule has 0 saturated heterocycles. The van der Waals surface area contributed by atoms with Crippen LogP contribution in [0.3, 0.4) is 0 Å². The van der Waals surface area contributed by atoms with E-state index in [1.165, 1.54) is 6.07 Å². The van der Waals surface area contributed by atoms with E-state index >= 15 is 0 Å². The molecule has 0 saturated carbocycles. The van der Waals surface area contributed by atoms with Gasteiger partial charge in [-0.05, 0) is 45.3 Å². The van der Waals surface area contributed by atoms with Crippen molar-refractivity contribution >= 4 is 11.4 Å². The Hall–Kier alpha value is -3.22. The van der Waals surface area contributed by atoms with Gasteiger partial charge in [-0.15, -0.1) is 0 Å². The molecule has 1 aromatic rings. The van der Waals surface area contributed by atoms with Gasteiger partial charge in [0.2, 0.25) is 0 Å². The summed E-state index contributed by atoms with van der Waals surface area (Å²) in [6, 6.07) is 7.88. The van der Waals surface area contributed by atoms with E-state index in [9.17, 15) is 13.2 Å². The van der Waals surface area contributed by atoms with E-state index in [0.717, 1.165) is 25.1 Å². The van der Waals surface area contributed by atoms with E-state index in [0.29, 0.717) is 12.2 Å². The number of hydrogen-bond acceptors (Lipinski definition) is 6. The van der Waals surface area contributed by atoms with Crippen LogP contribution in [0.1, 0.15) is 12.0 Å². The van der Waals surface area contributed by atoms with Crippen LogP contribution in [0.5, 0.6) is 0 Å². The minimum atomic E-state index is -4.57. The predicted molar refractivity (Wildman–Crippen MR) is 95.4 cm³/mol. The van der Waals surface area contributed by atoms with Gasteiger partial charge in [-0.1, -0.05) is 0 Å². The third kappa shape index (κ3) is 6.22. The topological polar surface area (TPSA) is 89.9 Å². The molecule has 142 valence electrons. The summed E-state index contributed by atoms with van der Waals surface area (Å²) in [6.07, 6.45) is -3.80. The Morgan fingerprint density at radius 2 is 1.67 bits per heavy atom. The maximum Gasteiger partial charge on any atom is 0.416 e. The van der Waals surface area contributed by atoms with Gasteiger partial charge in [0.25, 0.3) is 0 Å². The zero-order chi connectivity index (χ0) is 20.6. The lowest BCUT2D eigenvalue weighted by molar-refractivity contribution is -0.137. The summed E-state index contributed by atoms with van der Waals surface area (Å²) >= 11 is 0. The Bertz CT molecular complexity index is 805. The van der Waals surface area contributed by atoms with Crippen LogP contribution in [-0.4, -0.2) is 39.1 Å². The van der Waals surface area contributed by atoms with Gasteiger partial charge in [-0.25, -0.2) is 0 Å². The first-order chi connectivity index (χ1) is 12.6. The van der Waals surface area contributed by atoms with Gasteiger partial charge in [0.1, 0.15) is 23.9 Å². The molecule has 0 bridgehead atoms. The first-order valence-corrected chi connectivity index (χ1v) is 7.92. The van der Waals surface area contributed by atoms with Crippen LogP contribution < -0.4 is 10.2 Å². The van der Waals surface area contributed by atoms with E-state index < -0.39 is 23.0 Å². The first-order valence-electron chi connectivity index (χ1n) is 7.92. The molecule has 0 aliphatic rings. The standard InChI is InChI=1S/C18H19F3N6/c1-26(2)7-4-8-27(3)17-6-5-14(18(19,20)21)9-15(17)25-16(12-24)13(10-22)11-23/h5-6,9,25H,4,7-8H2,1-3H3. The molecule has 0 radical (unpaired) electrons. The van der Waals surface area contributed by atoms with E-state index in [-0.39, 0.29) is 5.69 Å². The molecule has 0 spiro atoms. The molecule has 0 fully saturated rings. The summed E-state index contributed by atoms with van der Waals surface area (Å²) in [5.74, 6) is 0. The number of nitrogens with one attached hydrogen (secondary N) is 1. The smallest absolute Gasteiger partial charge is 0.373 e. The molecule has 9 heteroatoms. The Kier molecular flexibility index (Phi) is 7.65. The monoisotopic (exact) mass is 376 g/mol. The van der Waals surface area contributed by atoms with Crippen LogP contribution in [0.2, 0.25) is 0 Å². The number of nitriles is 3. The van der Waals surface area contributed by atoms with E-state index in [4.69, 9.17) is 15.8 Å². The molecular weight excluding hydrogens is 357 g/mol. The number of alkyl halides is 3. The summed E-state index contributed by atoms with van der Waals surface area (Å²) in [5.41, 5.74) is -1.39. The van der Waals surface area contributed by atoms with Crippen LogP contribution in [0, 0.1) is 34.0 Å². The highest BCUT2D eigenvalue weighted by atomic mass is 19.4. The average molecular weight is 376 g/mol. The second-order valence-corrected chi connectivity index (χ2v) is 6.02. The first kappa shape index (κ1) is 21.8. The molecule has 6 nitrogen and oxygen atoms in total. The van der Waals surface area contributed by atoms with Crippen molar-refractivity contribution in [2.75, 3.05) is 44.4 Å². The van der Waals surface area contributed by atoms with Gasteiger partial charge >= 0.3 is 6.18 Å². The minimum Gasteiger partial charge on any atom is -0.373 e. The van der Waals surface area contributed by atoms with Gasteiger partial charge in [-0.2, -0.15) is 29.0 Å². The van der Waals surface area contributed by atoms with Gasteiger partial charge in [0.15, 0.2) is 5.57 Å². The Balaban J connectivity index is 3.32. The number of allylic oxidation sites excluding steroid dienone is 2. The number of benzene rings is 1. The third-order valence-electron chi connectivity index (χ3n) is 3.68. The van der Waals surface area contributed by atoms with Gasteiger partial charge in [-0.3, -0.25) is 0 Å². The fourth-order valence-electron chi connectivity index (χ4n) is 2.31. The normalized spacial score (nSPS) is 10.5. The molecule has 0 aliphatic carbocycles. The molecule has 0 amide bonds. The molecule has 27 heavy (non-hydrogen) atoms. The maximum absolute atomic E-state index is 13.1. The Labute approximate surface area is 156 Å². The Morgan fingerprint density at radius 3 is 2.15 bits per heavy atom. The van der Waals surface area contributed by atoms with Crippen molar-refractivity contribution in [2.45, 2.75) is 12.6 Å². The molecule has 0 aromatic heterocycles. The van der Waals surface area contributed by atoms with Crippen molar-refractivity contribution in [2.24, 2.45) is 0 Å². The molecule has 1 rings (SSSR count). The average Bonchev–Trinajstić information content (AvgIpc) is 2.60. The van der Waals surface area contributed by atoms with Crippen LogP contribution in [0.25, 0.3) is 0 Å². The lowest BCUT2D eigenvalue weighted by Gasteiger charge is -2.24. The fraction of sp³-hybridized carbons (Fsp3) is 0.389. The largest absolute Gasteiger partial charge is 0.416 e. The van der Waals surface area contributed by atoms with E-state index in [1.54, 1.807) is 30.2 Å². The quantitative estimate of drug-likeness (QED) is 0.734. The molecule has 0 heterocycles. The molecule has 0 unspecified atom stereocenters. The molecule has 0 atom stereocenters. The lowest BCUT2D eigenvalue weighted by Crippen LogP contribution is -2.24. The highest BCUT2D eigenvalue weighted by molar-refractivity contribution is 5.74. The predicted octanol–water partition coefficient (Wildman–Crippen LogP) is 3.33. The molecule has 0 aliphatic heterocycles. The van der Waals surface area contributed by atoms with E-state index in [1.807, 2.05) is 19.0 Å². The van der Waals surface area contributed by atoms with Crippen molar-refractivity contribution in [3.8, 4) is 18.2 Å². The SMILES string of the molecule is CN(C)CCCN(C)c1ccc(C(F)(F)F)cc1NC(C#N)=C(C#N)C#N. The van der Waals surface area contributed by atoms with Crippen LogP contribution in [0.4, 0.5) is 24.5 Å². The lowest BCUT2D eigenvalue weighted by atomic mass is 10.1. The molecular formula is C18H19F3N6. The number of halogens is 3. The number of rotatable bonds is 7. The zero-order valence-corrected chi connectivity index (χ0v) is 15.2. The van der Waals surface area contributed by atoms with Crippen molar-refractivity contribution in [1.29, 1.82) is 15.8 Å². The number of anilines is 2.